The molecule has 3 aromatic rings. The van der Waals surface area contributed by atoms with Crippen LogP contribution in [0.4, 0.5) is 5.69 Å². The summed E-state index contributed by atoms with van der Waals surface area (Å²) < 4.78 is 0. The average Bonchev–Trinajstić information content (AvgIpc) is 2.69. The van der Waals surface area contributed by atoms with Gasteiger partial charge in [-0.2, -0.15) is 0 Å². The third kappa shape index (κ3) is 3.77. The molecule has 1 aliphatic rings. The maximum absolute atomic E-state index is 12.1. The van der Waals surface area contributed by atoms with Crippen LogP contribution in [0.1, 0.15) is 11.6 Å². The van der Waals surface area contributed by atoms with Crippen molar-refractivity contribution in [2.75, 3.05) is 31.1 Å². The fourth-order valence-electron chi connectivity index (χ4n) is 3.78. The number of rotatable bonds is 4. The number of halogens is 1. The van der Waals surface area contributed by atoms with Gasteiger partial charge >= 0.3 is 5.97 Å². The number of fused-ring (bicyclic) bond motifs is 1. The zero-order valence-electron chi connectivity index (χ0n) is 14.9. The van der Waals surface area contributed by atoms with E-state index >= 15 is 0 Å². The molecular weight excluding hydrogens is 360 g/mol. The number of hydrogen-bond acceptors (Lipinski definition) is 3. The summed E-state index contributed by atoms with van der Waals surface area (Å²) in [6.45, 7) is 2.98. The van der Waals surface area contributed by atoms with Crippen LogP contribution in [-0.4, -0.2) is 42.2 Å². The number of piperazine rings is 1. The number of carboxylic acids is 1. The van der Waals surface area contributed by atoms with E-state index in [-0.39, 0.29) is 0 Å². The summed E-state index contributed by atoms with van der Waals surface area (Å²) in [5.74, 6) is -0.801. The van der Waals surface area contributed by atoms with Gasteiger partial charge in [-0.1, -0.05) is 48.0 Å². The fraction of sp³-hybridized carbons (Fsp3) is 0.227. The van der Waals surface area contributed by atoms with Gasteiger partial charge in [-0.25, -0.2) is 0 Å². The Balaban J connectivity index is 1.53. The Hall–Kier alpha value is -2.56. The van der Waals surface area contributed by atoms with E-state index in [9.17, 15) is 9.90 Å². The molecule has 138 valence electrons. The Kier molecular flexibility index (Phi) is 5.01. The molecule has 5 heteroatoms. The van der Waals surface area contributed by atoms with Gasteiger partial charge in [0.05, 0.1) is 0 Å². The lowest BCUT2D eigenvalue weighted by molar-refractivity contribution is -0.143. The van der Waals surface area contributed by atoms with Crippen LogP contribution in [-0.2, 0) is 4.79 Å². The molecule has 1 N–H and O–H groups in total. The third-order valence-corrected chi connectivity index (χ3v) is 5.45. The summed E-state index contributed by atoms with van der Waals surface area (Å²) in [4.78, 5) is 16.4. The Morgan fingerprint density at radius 1 is 0.889 bits per heavy atom. The lowest BCUT2D eigenvalue weighted by Gasteiger charge is -2.39. The maximum atomic E-state index is 12.1. The van der Waals surface area contributed by atoms with E-state index in [0.717, 1.165) is 40.1 Å². The molecule has 0 spiro atoms. The van der Waals surface area contributed by atoms with Crippen molar-refractivity contribution < 1.29 is 9.90 Å². The van der Waals surface area contributed by atoms with E-state index in [1.807, 2.05) is 66.7 Å². The smallest absolute Gasteiger partial charge is 0.325 e. The first-order chi connectivity index (χ1) is 13.1. The summed E-state index contributed by atoms with van der Waals surface area (Å²) in [5, 5.41) is 12.8. The highest BCUT2D eigenvalue weighted by Crippen LogP contribution is 2.27. The molecule has 0 saturated carbocycles. The molecule has 27 heavy (non-hydrogen) atoms. The first-order valence-corrected chi connectivity index (χ1v) is 9.46. The van der Waals surface area contributed by atoms with Crippen LogP contribution in [0.5, 0.6) is 0 Å². The number of benzene rings is 3. The monoisotopic (exact) mass is 380 g/mol. The SMILES string of the molecule is O=C(O)C(c1ccc2ccccc2c1)N1CCN(c2ccc(Cl)cc2)CC1. The molecule has 0 aliphatic carbocycles. The van der Waals surface area contributed by atoms with Crippen molar-refractivity contribution in [1.82, 2.24) is 4.90 Å². The van der Waals surface area contributed by atoms with Crippen LogP contribution in [0.25, 0.3) is 10.8 Å². The molecule has 4 nitrogen and oxygen atoms in total. The minimum absolute atomic E-state index is 0.623. The Morgan fingerprint density at radius 2 is 1.56 bits per heavy atom. The fourth-order valence-corrected chi connectivity index (χ4v) is 3.90. The van der Waals surface area contributed by atoms with Crippen LogP contribution >= 0.6 is 11.6 Å². The van der Waals surface area contributed by atoms with Gasteiger partial charge in [-0.3, -0.25) is 9.69 Å². The minimum Gasteiger partial charge on any atom is -0.480 e. The van der Waals surface area contributed by atoms with Crippen molar-refractivity contribution in [1.29, 1.82) is 0 Å². The standard InChI is InChI=1S/C22H21ClN2O2/c23-19-7-9-20(10-8-19)24-11-13-25(14-12-24)21(22(26)27)18-6-5-16-3-1-2-4-17(16)15-18/h1-10,15,21H,11-14H2,(H,26,27). The molecule has 3 aromatic carbocycles. The molecule has 1 atom stereocenters. The van der Waals surface area contributed by atoms with Crippen molar-refractivity contribution in [3.63, 3.8) is 0 Å². The predicted octanol–water partition coefficient (Wildman–Crippen LogP) is 4.44. The first kappa shape index (κ1) is 17.8. The highest BCUT2D eigenvalue weighted by Gasteiger charge is 2.30. The largest absolute Gasteiger partial charge is 0.480 e. The topological polar surface area (TPSA) is 43.8 Å². The second kappa shape index (κ2) is 7.59. The second-order valence-corrected chi connectivity index (χ2v) is 7.28. The lowest BCUT2D eigenvalue weighted by Crippen LogP contribution is -2.49. The zero-order chi connectivity index (χ0) is 18.8. The normalized spacial score (nSPS) is 16.4. The van der Waals surface area contributed by atoms with Gasteiger partial charge in [-0.15, -0.1) is 0 Å². The minimum atomic E-state index is -0.801. The van der Waals surface area contributed by atoms with Gasteiger partial charge in [0.25, 0.3) is 0 Å². The predicted molar refractivity (Wildman–Crippen MR) is 110 cm³/mol. The number of carboxylic acid groups (broad SMARTS) is 1. The Labute approximate surface area is 163 Å². The van der Waals surface area contributed by atoms with Crippen molar-refractivity contribution in [2.45, 2.75) is 6.04 Å². The molecule has 0 amide bonds. The molecule has 0 bridgehead atoms. The van der Waals surface area contributed by atoms with Crippen LogP contribution in [0.2, 0.25) is 5.02 Å². The number of carbonyl (C=O) groups is 1. The van der Waals surface area contributed by atoms with Gasteiger partial charge < -0.3 is 10.0 Å². The van der Waals surface area contributed by atoms with Gasteiger partial charge in [-0.05, 0) is 46.7 Å². The quantitative estimate of drug-likeness (QED) is 0.726. The van der Waals surface area contributed by atoms with Gasteiger partial charge in [0, 0.05) is 36.9 Å². The molecule has 1 saturated heterocycles. The van der Waals surface area contributed by atoms with Crippen LogP contribution in [0.15, 0.2) is 66.7 Å². The van der Waals surface area contributed by atoms with E-state index in [4.69, 9.17) is 11.6 Å². The van der Waals surface area contributed by atoms with Crippen LogP contribution in [0.3, 0.4) is 0 Å². The summed E-state index contributed by atoms with van der Waals surface area (Å²) in [7, 11) is 0. The van der Waals surface area contributed by atoms with E-state index in [1.54, 1.807) is 0 Å². The number of aliphatic carboxylic acids is 1. The number of hydrogen-bond donors (Lipinski definition) is 1. The highest BCUT2D eigenvalue weighted by molar-refractivity contribution is 6.30. The summed E-state index contributed by atoms with van der Waals surface area (Å²) in [6.07, 6.45) is 0. The number of nitrogens with zero attached hydrogens (tertiary/aromatic N) is 2. The van der Waals surface area contributed by atoms with Crippen molar-refractivity contribution >= 4 is 34.0 Å². The Bertz CT molecular complexity index is 950. The third-order valence-electron chi connectivity index (χ3n) is 5.19. The van der Waals surface area contributed by atoms with Crippen LogP contribution in [0, 0.1) is 0 Å². The molecule has 0 radical (unpaired) electrons. The molecule has 1 unspecified atom stereocenters. The molecule has 1 fully saturated rings. The average molecular weight is 381 g/mol. The summed E-state index contributed by atoms with van der Waals surface area (Å²) >= 11 is 5.97. The van der Waals surface area contributed by atoms with Gasteiger partial charge in [0.15, 0.2) is 0 Å². The van der Waals surface area contributed by atoms with Crippen LogP contribution < -0.4 is 4.90 Å². The summed E-state index contributed by atoms with van der Waals surface area (Å²) in [5.41, 5.74) is 1.96. The van der Waals surface area contributed by atoms with Crippen molar-refractivity contribution in [3.05, 3.63) is 77.3 Å². The molecule has 1 heterocycles. The second-order valence-electron chi connectivity index (χ2n) is 6.85. The van der Waals surface area contributed by atoms with E-state index in [0.29, 0.717) is 13.1 Å². The van der Waals surface area contributed by atoms with E-state index in [1.165, 1.54) is 0 Å². The highest BCUT2D eigenvalue weighted by atomic mass is 35.5. The van der Waals surface area contributed by atoms with Gasteiger partial charge in [0.1, 0.15) is 6.04 Å². The number of anilines is 1. The Morgan fingerprint density at radius 3 is 2.22 bits per heavy atom. The molecule has 4 rings (SSSR count). The zero-order valence-corrected chi connectivity index (χ0v) is 15.6. The molecule has 0 aromatic heterocycles. The van der Waals surface area contributed by atoms with Crippen molar-refractivity contribution in [3.8, 4) is 0 Å². The molecule has 1 aliphatic heterocycles. The van der Waals surface area contributed by atoms with E-state index in [2.05, 4.69) is 9.80 Å². The van der Waals surface area contributed by atoms with Crippen molar-refractivity contribution in [2.24, 2.45) is 0 Å². The molecular formula is C22H21ClN2O2. The first-order valence-electron chi connectivity index (χ1n) is 9.08. The summed E-state index contributed by atoms with van der Waals surface area (Å²) in [6, 6.07) is 21.1. The lowest BCUT2D eigenvalue weighted by atomic mass is 10.00. The van der Waals surface area contributed by atoms with Gasteiger partial charge in [0.2, 0.25) is 0 Å². The van der Waals surface area contributed by atoms with E-state index < -0.39 is 12.0 Å². The maximum Gasteiger partial charge on any atom is 0.325 e.